The van der Waals surface area contributed by atoms with Crippen molar-refractivity contribution < 1.29 is 9.53 Å². The van der Waals surface area contributed by atoms with E-state index in [0.717, 1.165) is 5.56 Å². The van der Waals surface area contributed by atoms with Crippen molar-refractivity contribution in [2.75, 3.05) is 5.32 Å². The molecule has 98 valence electrons. The van der Waals surface area contributed by atoms with Crippen LogP contribution in [0.2, 0.25) is 0 Å². The van der Waals surface area contributed by atoms with Crippen LogP contribution in [0.25, 0.3) is 0 Å². The Kier molecular flexibility index (Phi) is 3.96. The maximum Gasteiger partial charge on any atom is 0.412 e. The molecule has 0 unspecified atom stereocenters. The van der Waals surface area contributed by atoms with Gasteiger partial charge in [0.25, 0.3) is 0 Å². The number of rotatable bonds is 2. The number of nitrogen functional groups attached to an aromatic ring is 1. The molecule has 0 bridgehead atoms. The summed E-state index contributed by atoms with van der Waals surface area (Å²) in [4.78, 5) is 11.7. The summed E-state index contributed by atoms with van der Waals surface area (Å²) in [6.45, 7) is 7.19. The van der Waals surface area contributed by atoms with Crippen LogP contribution in [0.4, 0.5) is 10.5 Å². The number of carbonyl (C=O) groups excluding carboxylic acids is 1. The monoisotopic (exact) mass is 249 g/mol. The van der Waals surface area contributed by atoms with Crippen molar-refractivity contribution in [2.24, 2.45) is 5.73 Å². The molecular formula is C13H19N3O2. The van der Waals surface area contributed by atoms with E-state index in [0.29, 0.717) is 11.3 Å². The zero-order valence-electron chi connectivity index (χ0n) is 11.1. The Bertz CT molecular complexity index is 476. The summed E-state index contributed by atoms with van der Waals surface area (Å²) in [5.74, 6) is -0.0841. The Morgan fingerprint density at radius 3 is 2.50 bits per heavy atom. The van der Waals surface area contributed by atoms with E-state index in [4.69, 9.17) is 15.9 Å². The molecule has 0 aliphatic heterocycles. The third-order valence-corrected chi connectivity index (χ3v) is 2.18. The molecule has 4 N–H and O–H groups in total. The number of carbonyl (C=O) groups is 1. The van der Waals surface area contributed by atoms with Crippen LogP contribution in [0.15, 0.2) is 18.2 Å². The van der Waals surface area contributed by atoms with Crippen LogP contribution in [0, 0.1) is 12.3 Å². The number of nitrogens with one attached hydrogen (secondary N) is 2. The molecule has 18 heavy (non-hydrogen) atoms. The zero-order valence-corrected chi connectivity index (χ0v) is 11.1. The molecule has 1 amide bonds. The molecule has 1 rings (SSSR count). The Morgan fingerprint density at radius 1 is 1.39 bits per heavy atom. The fourth-order valence-corrected chi connectivity index (χ4v) is 1.54. The number of amidine groups is 1. The average Bonchev–Trinajstić information content (AvgIpc) is 2.13. The van der Waals surface area contributed by atoms with Gasteiger partial charge >= 0.3 is 6.09 Å². The van der Waals surface area contributed by atoms with Gasteiger partial charge in [0.15, 0.2) is 0 Å². The first-order valence-corrected chi connectivity index (χ1v) is 5.65. The number of ether oxygens (including phenoxy) is 1. The molecule has 0 radical (unpaired) electrons. The molecule has 0 aromatic heterocycles. The maximum atomic E-state index is 11.7. The Balaban J connectivity index is 2.95. The zero-order chi connectivity index (χ0) is 13.9. The SMILES string of the molecule is Cc1cccc(NC(=O)OC(C)(C)C)c1C(=N)N. The van der Waals surface area contributed by atoms with Crippen molar-refractivity contribution in [1.29, 1.82) is 5.41 Å². The molecule has 0 heterocycles. The predicted molar refractivity (Wildman–Crippen MR) is 72.1 cm³/mol. The summed E-state index contributed by atoms with van der Waals surface area (Å²) in [7, 11) is 0. The van der Waals surface area contributed by atoms with Gasteiger partial charge in [-0.25, -0.2) is 4.79 Å². The predicted octanol–water partition coefficient (Wildman–Crippen LogP) is 2.63. The minimum absolute atomic E-state index is 0.0841. The Morgan fingerprint density at radius 2 is 2.00 bits per heavy atom. The number of aryl methyl sites for hydroxylation is 1. The van der Waals surface area contributed by atoms with E-state index in [1.807, 2.05) is 13.0 Å². The van der Waals surface area contributed by atoms with Crippen molar-refractivity contribution in [2.45, 2.75) is 33.3 Å². The summed E-state index contributed by atoms with van der Waals surface area (Å²) in [6.07, 6.45) is -0.560. The first-order valence-electron chi connectivity index (χ1n) is 5.65. The van der Waals surface area contributed by atoms with Crippen LogP contribution < -0.4 is 11.1 Å². The molecule has 0 fully saturated rings. The maximum absolute atomic E-state index is 11.7. The molecule has 0 aliphatic carbocycles. The lowest BCUT2D eigenvalue weighted by atomic mass is 10.1. The largest absolute Gasteiger partial charge is 0.444 e. The van der Waals surface area contributed by atoms with Gasteiger partial charge in [-0.2, -0.15) is 0 Å². The molecule has 5 heteroatoms. The van der Waals surface area contributed by atoms with Crippen molar-refractivity contribution in [1.82, 2.24) is 0 Å². The Hall–Kier alpha value is -2.04. The first kappa shape index (κ1) is 14.0. The molecule has 0 saturated carbocycles. The lowest BCUT2D eigenvalue weighted by Gasteiger charge is -2.20. The summed E-state index contributed by atoms with van der Waals surface area (Å²) >= 11 is 0. The normalized spacial score (nSPS) is 10.9. The van der Waals surface area contributed by atoms with Crippen LogP contribution in [0.3, 0.4) is 0 Å². The van der Waals surface area contributed by atoms with Gasteiger partial charge in [0.05, 0.1) is 5.69 Å². The number of nitrogens with two attached hydrogens (primary N) is 1. The van der Waals surface area contributed by atoms with Crippen molar-refractivity contribution in [3.05, 3.63) is 29.3 Å². The third kappa shape index (κ3) is 3.76. The summed E-state index contributed by atoms with van der Waals surface area (Å²) in [5.41, 5.74) is 6.77. The van der Waals surface area contributed by atoms with E-state index >= 15 is 0 Å². The fraction of sp³-hybridized carbons (Fsp3) is 0.385. The van der Waals surface area contributed by atoms with Gasteiger partial charge in [-0.1, -0.05) is 12.1 Å². The first-order chi connectivity index (χ1) is 8.20. The van der Waals surface area contributed by atoms with E-state index in [1.54, 1.807) is 32.9 Å². The minimum atomic E-state index is -0.565. The molecule has 0 aliphatic rings. The minimum Gasteiger partial charge on any atom is -0.444 e. The number of hydrogen-bond donors (Lipinski definition) is 3. The second-order valence-corrected chi connectivity index (χ2v) is 5.04. The van der Waals surface area contributed by atoms with Gasteiger partial charge < -0.3 is 10.5 Å². The van der Waals surface area contributed by atoms with Crippen molar-refractivity contribution in [3.8, 4) is 0 Å². The number of amides is 1. The number of anilines is 1. The third-order valence-electron chi connectivity index (χ3n) is 2.18. The molecule has 0 saturated heterocycles. The second kappa shape index (κ2) is 5.08. The average molecular weight is 249 g/mol. The highest BCUT2D eigenvalue weighted by molar-refractivity contribution is 6.04. The van der Waals surface area contributed by atoms with E-state index in [2.05, 4.69) is 5.32 Å². The lowest BCUT2D eigenvalue weighted by Crippen LogP contribution is -2.28. The standard InChI is InChI=1S/C13H19N3O2/c1-8-6-5-7-9(10(8)11(14)15)16-12(17)18-13(2,3)4/h5-7H,1-4H3,(H3,14,15)(H,16,17). The van der Waals surface area contributed by atoms with Gasteiger partial charge in [0.2, 0.25) is 0 Å². The highest BCUT2D eigenvalue weighted by atomic mass is 16.6. The topological polar surface area (TPSA) is 88.2 Å². The van der Waals surface area contributed by atoms with E-state index in [-0.39, 0.29) is 5.84 Å². The lowest BCUT2D eigenvalue weighted by molar-refractivity contribution is 0.0636. The fourth-order valence-electron chi connectivity index (χ4n) is 1.54. The summed E-state index contributed by atoms with van der Waals surface area (Å²) in [6, 6.07) is 5.30. The smallest absolute Gasteiger partial charge is 0.412 e. The number of hydrogen-bond acceptors (Lipinski definition) is 3. The highest BCUT2D eigenvalue weighted by Crippen LogP contribution is 2.20. The van der Waals surface area contributed by atoms with Crippen LogP contribution >= 0.6 is 0 Å². The van der Waals surface area contributed by atoms with Crippen LogP contribution in [-0.2, 0) is 4.74 Å². The quantitative estimate of drug-likeness (QED) is 0.556. The van der Waals surface area contributed by atoms with Gasteiger partial charge in [0.1, 0.15) is 11.4 Å². The van der Waals surface area contributed by atoms with E-state index in [1.165, 1.54) is 0 Å². The molecule has 0 atom stereocenters. The van der Waals surface area contributed by atoms with E-state index in [9.17, 15) is 4.79 Å². The molecular weight excluding hydrogens is 230 g/mol. The molecule has 5 nitrogen and oxygen atoms in total. The van der Waals surface area contributed by atoms with Crippen molar-refractivity contribution >= 4 is 17.6 Å². The molecule has 1 aromatic carbocycles. The van der Waals surface area contributed by atoms with Gasteiger partial charge in [-0.3, -0.25) is 10.7 Å². The second-order valence-electron chi connectivity index (χ2n) is 5.04. The van der Waals surface area contributed by atoms with Gasteiger partial charge in [0, 0.05) is 5.56 Å². The van der Waals surface area contributed by atoms with Crippen LogP contribution in [0.1, 0.15) is 31.9 Å². The summed E-state index contributed by atoms with van der Waals surface area (Å²) in [5, 5.41) is 10.1. The van der Waals surface area contributed by atoms with Crippen LogP contribution in [0.5, 0.6) is 0 Å². The van der Waals surface area contributed by atoms with Gasteiger partial charge in [-0.15, -0.1) is 0 Å². The Labute approximate surface area is 107 Å². The van der Waals surface area contributed by atoms with E-state index < -0.39 is 11.7 Å². The van der Waals surface area contributed by atoms with Gasteiger partial charge in [-0.05, 0) is 39.3 Å². The highest BCUT2D eigenvalue weighted by Gasteiger charge is 2.18. The number of benzene rings is 1. The summed E-state index contributed by atoms with van der Waals surface area (Å²) < 4.78 is 5.15. The van der Waals surface area contributed by atoms with Crippen molar-refractivity contribution in [3.63, 3.8) is 0 Å². The molecule has 0 spiro atoms. The van der Waals surface area contributed by atoms with Crippen LogP contribution in [-0.4, -0.2) is 17.5 Å². The molecule has 1 aromatic rings.